The van der Waals surface area contributed by atoms with Gasteiger partial charge in [0.15, 0.2) is 5.13 Å². The van der Waals surface area contributed by atoms with Gasteiger partial charge in [-0.1, -0.05) is 47.9 Å². The SMILES string of the molecule is O=C(N(CCCn1ccnc1)c1nc2ccc(F)cc2s1)C1(c2ccc(Cl)cc2)CCCC1. The monoisotopic (exact) mass is 482 g/mol. The predicted molar refractivity (Wildman–Crippen MR) is 130 cm³/mol. The van der Waals surface area contributed by atoms with Gasteiger partial charge in [-0.05, 0) is 55.2 Å². The maximum Gasteiger partial charge on any atom is 0.239 e. The Bertz CT molecular complexity index is 1250. The number of carbonyl (C=O) groups excluding carboxylic acids is 1. The van der Waals surface area contributed by atoms with E-state index in [1.165, 1.54) is 23.5 Å². The maximum atomic E-state index is 14.3. The van der Waals surface area contributed by atoms with Crippen LogP contribution >= 0.6 is 22.9 Å². The molecular weight excluding hydrogens is 459 g/mol. The Kier molecular flexibility index (Phi) is 6.17. The highest BCUT2D eigenvalue weighted by Gasteiger charge is 2.45. The lowest BCUT2D eigenvalue weighted by Crippen LogP contribution is -2.46. The summed E-state index contributed by atoms with van der Waals surface area (Å²) in [6.07, 6.45) is 9.79. The molecule has 1 fully saturated rings. The Hall–Kier alpha value is -2.77. The molecule has 5 rings (SSSR count). The summed E-state index contributed by atoms with van der Waals surface area (Å²) in [4.78, 5) is 24.9. The molecule has 0 N–H and O–H groups in total. The van der Waals surface area contributed by atoms with Crippen molar-refractivity contribution in [1.82, 2.24) is 14.5 Å². The third-order valence-corrected chi connectivity index (χ3v) is 7.73. The van der Waals surface area contributed by atoms with Gasteiger partial charge in [-0.2, -0.15) is 0 Å². The summed E-state index contributed by atoms with van der Waals surface area (Å²) in [5, 5.41) is 1.27. The number of imidazole rings is 1. The minimum atomic E-state index is -0.595. The Morgan fingerprint density at radius 1 is 1.18 bits per heavy atom. The normalized spacial score (nSPS) is 15.2. The molecule has 0 atom stereocenters. The van der Waals surface area contributed by atoms with Gasteiger partial charge >= 0.3 is 0 Å². The summed E-state index contributed by atoms with van der Waals surface area (Å²) in [5.41, 5.74) is 1.11. The number of carbonyl (C=O) groups is 1. The number of aryl methyl sites for hydroxylation is 1. The average molecular weight is 483 g/mol. The highest BCUT2D eigenvalue weighted by atomic mass is 35.5. The smallest absolute Gasteiger partial charge is 0.239 e. The van der Waals surface area contributed by atoms with Gasteiger partial charge in [-0.15, -0.1) is 0 Å². The molecule has 8 heteroatoms. The van der Waals surface area contributed by atoms with Gasteiger partial charge in [0.1, 0.15) is 5.82 Å². The summed E-state index contributed by atoms with van der Waals surface area (Å²) < 4.78 is 16.5. The van der Waals surface area contributed by atoms with Crippen LogP contribution in [-0.4, -0.2) is 27.0 Å². The van der Waals surface area contributed by atoms with E-state index in [2.05, 4.69) is 4.98 Å². The van der Waals surface area contributed by atoms with Gasteiger partial charge in [-0.25, -0.2) is 14.4 Å². The number of fused-ring (bicyclic) bond motifs is 1. The van der Waals surface area contributed by atoms with Crippen molar-refractivity contribution in [3.05, 3.63) is 77.6 Å². The van der Waals surface area contributed by atoms with Crippen molar-refractivity contribution in [1.29, 1.82) is 0 Å². The highest BCUT2D eigenvalue weighted by molar-refractivity contribution is 7.22. The van der Waals surface area contributed by atoms with E-state index in [1.807, 2.05) is 39.9 Å². The Morgan fingerprint density at radius 2 is 1.97 bits per heavy atom. The van der Waals surface area contributed by atoms with Crippen molar-refractivity contribution in [2.24, 2.45) is 0 Å². The second-order valence-electron chi connectivity index (χ2n) is 8.52. The zero-order valence-electron chi connectivity index (χ0n) is 18.1. The van der Waals surface area contributed by atoms with Crippen LogP contribution in [0, 0.1) is 5.82 Å². The second kappa shape index (κ2) is 9.23. The molecule has 5 nitrogen and oxygen atoms in total. The summed E-state index contributed by atoms with van der Waals surface area (Å²) in [6.45, 7) is 1.27. The Balaban J connectivity index is 1.51. The molecule has 0 radical (unpaired) electrons. The first-order valence-electron chi connectivity index (χ1n) is 11.1. The minimum absolute atomic E-state index is 0.0625. The number of nitrogens with zero attached hydrogens (tertiary/aromatic N) is 4. The fourth-order valence-corrected chi connectivity index (χ4v) is 5.89. The molecule has 1 saturated carbocycles. The Labute approximate surface area is 200 Å². The van der Waals surface area contributed by atoms with Crippen molar-refractivity contribution in [3.63, 3.8) is 0 Å². The molecule has 170 valence electrons. The number of hydrogen-bond donors (Lipinski definition) is 0. The van der Waals surface area contributed by atoms with Crippen LogP contribution in [0.3, 0.4) is 0 Å². The third kappa shape index (κ3) is 4.39. The van der Waals surface area contributed by atoms with Crippen molar-refractivity contribution < 1.29 is 9.18 Å². The first-order valence-corrected chi connectivity index (χ1v) is 12.3. The van der Waals surface area contributed by atoms with E-state index in [0.29, 0.717) is 22.2 Å². The molecule has 1 aliphatic carbocycles. The fourth-order valence-electron chi connectivity index (χ4n) is 4.75. The van der Waals surface area contributed by atoms with E-state index in [0.717, 1.165) is 48.9 Å². The lowest BCUT2D eigenvalue weighted by atomic mass is 9.77. The molecule has 0 saturated heterocycles. The van der Waals surface area contributed by atoms with Crippen molar-refractivity contribution in [3.8, 4) is 0 Å². The minimum Gasteiger partial charge on any atom is -0.337 e. The standard InChI is InChI=1S/C25H24ClFN4OS/c26-19-6-4-18(5-7-19)25(10-1-2-11-25)23(32)31(14-3-13-30-15-12-28-17-30)24-29-21-9-8-20(27)16-22(21)33-24/h4-9,12,15-17H,1-3,10-11,13-14H2. The molecule has 33 heavy (non-hydrogen) atoms. The summed E-state index contributed by atoms with van der Waals surface area (Å²) in [6, 6.07) is 12.2. The zero-order chi connectivity index (χ0) is 22.8. The van der Waals surface area contributed by atoms with E-state index >= 15 is 0 Å². The van der Waals surface area contributed by atoms with Crippen LogP contribution in [-0.2, 0) is 16.8 Å². The molecule has 0 bridgehead atoms. The van der Waals surface area contributed by atoms with Gasteiger partial charge < -0.3 is 4.57 Å². The zero-order valence-corrected chi connectivity index (χ0v) is 19.7. The lowest BCUT2D eigenvalue weighted by Gasteiger charge is -2.34. The van der Waals surface area contributed by atoms with Crippen molar-refractivity contribution in [2.75, 3.05) is 11.4 Å². The van der Waals surface area contributed by atoms with Crippen molar-refractivity contribution >= 4 is 44.2 Å². The van der Waals surface area contributed by atoms with Crippen LogP contribution in [0.25, 0.3) is 10.2 Å². The van der Waals surface area contributed by atoms with Gasteiger partial charge in [-0.3, -0.25) is 9.69 Å². The topological polar surface area (TPSA) is 51.0 Å². The van der Waals surface area contributed by atoms with Gasteiger partial charge in [0.2, 0.25) is 5.91 Å². The third-order valence-electron chi connectivity index (χ3n) is 6.44. The summed E-state index contributed by atoms with van der Waals surface area (Å²) in [5.74, 6) is -0.239. The van der Waals surface area contributed by atoms with Crippen LogP contribution in [0.2, 0.25) is 5.02 Å². The molecule has 2 aromatic heterocycles. The summed E-state index contributed by atoms with van der Waals surface area (Å²) >= 11 is 7.50. The number of aromatic nitrogens is 3. The molecule has 0 unspecified atom stereocenters. The van der Waals surface area contributed by atoms with Crippen molar-refractivity contribution in [2.45, 2.75) is 44.1 Å². The van der Waals surface area contributed by atoms with Gasteiger partial charge in [0.25, 0.3) is 0 Å². The number of hydrogen-bond acceptors (Lipinski definition) is 4. The molecule has 2 aromatic carbocycles. The molecule has 1 aliphatic rings. The lowest BCUT2D eigenvalue weighted by molar-refractivity contribution is -0.124. The number of anilines is 1. The molecule has 2 heterocycles. The Morgan fingerprint density at radius 3 is 2.70 bits per heavy atom. The van der Waals surface area contributed by atoms with Crippen LogP contribution < -0.4 is 4.90 Å². The van der Waals surface area contributed by atoms with E-state index in [4.69, 9.17) is 16.6 Å². The quantitative estimate of drug-likeness (QED) is 0.314. The molecule has 0 spiro atoms. The van der Waals surface area contributed by atoms with Crippen LogP contribution in [0.15, 0.2) is 61.2 Å². The predicted octanol–water partition coefficient (Wildman–Crippen LogP) is 6.22. The number of halogens is 2. The number of rotatable bonds is 7. The fraction of sp³-hybridized carbons (Fsp3) is 0.320. The number of thiazole rings is 1. The van der Waals surface area contributed by atoms with Gasteiger partial charge in [0, 0.05) is 30.5 Å². The number of amides is 1. The van der Waals surface area contributed by atoms with E-state index < -0.39 is 5.41 Å². The second-order valence-corrected chi connectivity index (χ2v) is 9.96. The maximum absolute atomic E-state index is 14.3. The van der Waals surface area contributed by atoms with E-state index in [9.17, 15) is 9.18 Å². The van der Waals surface area contributed by atoms with Crippen LogP contribution in [0.1, 0.15) is 37.7 Å². The van der Waals surface area contributed by atoms with E-state index in [-0.39, 0.29) is 11.7 Å². The highest BCUT2D eigenvalue weighted by Crippen LogP contribution is 2.44. The molecule has 4 aromatic rings. The van der Waals surface area contributed by atoms with Crippen LogP contribution in [0.5, 0.6) is 0 Å². The van der Waals surface area contributed by atoms with E-state index in [1.54, 1.807) is 18.6 Å². The van der Waals surface area contributed by atoms with Crippen LogP contribution in [0.4, 0.5) is 9.52 Å². The molecular formula is C25H24ClFN4OS. The average Bonchev–Trinajstić information content (AvgIpc) is 3.57. The summed E-state index contributed by atoms with van der Waals surface area (Å²) in [7, 11) is 0. The van der Waals surface area contributed by atoms with Gasteiger partial charge in [0.05, 0.1) is 22.0 Å². The first kappa shape index (κ1) is 22.0. The largest absolute Gasteiger partial charge is 0.337 e. The molecule has 0 aliphatic heterocycles. The first-order chi connectivity index (χ1) is 16.0. The number of benzene rings is 2. The molecule has 1 amide bonds.